The molecule has 0 amide bonds. The number of aryl methyl sites for hydroxylation is 2. The molecular formula is C18H21BrN4O2. The van der Waals surface area contributed by atoms with Crippen LogP contribution < -0.4 is 10.3 Å². The van der Waals surface area contributed by atoms with E-state index in [-0.39, 0.29) is 5.56 Å². The lowest BCUT2D eigenvalue weighted by molar-refractivity contribution is 0.385. The van der Waals surface area contributed by atoms with E-state index in [1.54, 1.807) is 23.8 Å². The third-order valence-corrected chi connectivity index (χ3v) is 4.67. The van der Waals surface area contributed by atoms with Crippen molar-refractivity contribution in [3.8, 4) is 17.1 Å². The molecule has 0 unspecified atom stereocenters. The van der Waals surface area contributed by atoms with Gasteiger partial charge in [0.05, 0.1) is 24.0 Å². The Bertz CT molecular complexity index is 932. The Morgan fingerprint density at radius 1 is 1.16 bits per heavy atom. The van der Waals surface area contributed by atoms with Gasteiger partial charge in [0.2, 0.25) is 5.88 Å². The van der Waals surface area contributed by atoms with Crippen LogP contribution in [0.2, 0.25) is 0 Å². The average molecular weight is 405 g/mol. The van der Waals surface area contributed by atoms with Crippen LogP contribution in [0.3, 0.4) is 0 Å². The molecule has 3 heterocycles. The summed E-state index contributed by atoms with van der Waals surface area (Å²) < 4.78 is 8.73. The Balaban J connectivity index is 2.08. The van der Waals surface area contributed by atoms with Crippen LogP contribution in [0, 0.1) is 0 Å². The van der Waals surface area contributed by atoms with Gasteiger partial charge in [-0.1, -0.05) is 22.9 Å². The number of hydrogen-bond donors (Lipinski definition) is 0. The maximum atomic E-state index is 12.1. The monoisotopic (exact) mass is 404 g/mol. The molecule has 7 heteroatoms. The van der Waals surface area contributed by atoms with E-state index < -0.39 is 0 Å². The van der Waals surface area contributed by atoms with Crippen molar-refractivity contribution in [1.82, 2.24) is 19.4 Å². The SMILES string of the molecule is CCc1cc2c(-c3ccc(=O)n(CCCCBr)n3)ccc(OC)n2n1. The summed E-state index contributed by atoms with van der Waals surface area (Å²) in [6.45, 7) is 2.68. The summed E-state index contributed by atoms with van der Waals surface area (Å²) in [4.78, 5) is 12.1. The fourth-order valence-corrected chi connectivity index (χ4v) is 3.15. The highest BCUT2D eigenvalue weighted by atomic mass is 79.9. The van der Waals surface area contributed by atoms with Gasteiger partial charge >= 0.3 is 0 Å². The summed E-state index contributed by atoms with van der Waals surface area (Å²) in [5.41, 5.74) is 3.52. The molecule has 0 N–H and O–H groups in total. The maximum Gasteiger partial charge on any atom is 0.266 e. The zero-order valence-electron chi connectivity index (χ0n) is 14.4. The van der Waals surface area contributed by atoms with E-state index >= 15 is 0 Å². The van der Waals surface area contributed by atoms with Crippen molar-refractivity contribution in [1.29, 1.82) is 0 Å². The number of alkyl halides is 1. The standard InChI is InChI=1S/C18H21BrN4O2/c1-3-13-12-16-14(6-9-18(25-2)23(16)20-13)15-7-8-17(24)22(21-15)11-5-4-10-19/h6-9,12H,3-5,10-11H2,1-2H3. The van der Waals surface area contributed by atoms with Crippen molar-refractivity contribution < 1.29 is 4.74 Å². The van der Waals surface area contributed by atoms with E-state index in [2.05, 4.69) is 33.1 Å². The number of nitrogens with zero attached hydrogens (tertiary/aromatic N) is 4. The summed E-state index contributed by atoms with van der Waals surface area (Å²) in [7, 11) is 1.63. The van der Waals surface area contributed by atoms with Crippen LogP contribution in [0.25, 0.3) is 16.8 Å². The van der Waals surface area contributed by atoms with E-state index in [0.717, 1.165) is 47.1 Å². The molecule has 0 saturated carbocycles. The molecule has 3 aromatic rings. The Hall–Kier alpha value is -2.15. The van der Waals surface area contributed by atoms with Gasteiger partial charge < -0.3 is 4.74 Å². The fraction of sp³-hybridized carbons (Fsp3) is 0.389. The van der Waals surface area contributed by atoms with Crippen molar-refractivity contribution >= 4 is 21.4 Å². The number of unbranched alkanes of at least 4 members (excludes halogenated alkanes) is 1. The lowest BCUT2D eigenvalue weighted by atomic mass is 10.1. The number of rotatable bonds is 7. The smallest absolute Gasteiger partial charge is 0.266 e. The normalized spacial score (nSPS) is 11.2. The molecule has 6 nitrogen and oxygen atoms in total. The predicted octanol–water partition coefficient (Wildman–Crippen LogP) is 3.30. The molecule has 0 aliphatic heterocycles. The van der Waals surface area contributed by atoms with Gasteiger partial charge in [-0.05, 0) is 37.5 Å². The minimum Gasteiger partial charge on any atom is -0.481 e. The van der Waals surface area contributed by atoms with E-state index in [9.17, 15) is 4.79 Å². The molecule has 25 heavy (non-hydrogen) atoms. The largest absolute Gasteiger partial charge is 0.481 e. The molecule has 0 aliphatic carbocycles. The van der Waals surface area contributed by atoms with Crippen molar-refractivity contribution in [3.05, 3.63) is 46.4 Å². The second-order valence-corrected chi connectivity index (χ2v) is 6.54. The molecule has 0 fully saturated rings. The molecule has 0 spiro atoms. The first-order chi connectivity index (χ1) is 12.2. The third kappa shape index (κ3) is 3.61. The first-order valence-electron chi connectivity index (χ1n) is 8.38. The van der Waals surface area contributed by atoms with Gasteiger partial charge in [-0.25, -0.2) is 9.20 Å². The van der Waals surface area contributed by atoms with E-state index in [1.807, 2.05) is 18.2 Å². The quantitative estimate of drug-likeness (QED) is 0.447. The Kier molecular flexibility index (Phi) is 5.53. The van der Waals surface area contributed by atoms with E-state index in [4.69, 9.17) is 4.74 Å². The van der Waals surface area contributed by atoms with Crippen LogP contribution in [0.4, 0.5) is 0 Å². The van der Waals surface area contributed by atoms with Crippen LogP contribution in [-0.2, 0) is 13.0 Å². The molecule has 132 valence electrons. The summed E-state index contributed by atoms with van der Waals surface area (Å²) >= 11 is 3.41. The maximum absolute atomic E-state index is 12.1. The third-order valence-electron chi connectivity index (χ3n) is 4.10. The van der Waals surface area contributed by atoms with Crippen molar-refractivity contribution in [2.24, 2.45) is 0 Å². The van der Waals surface area contributed by atoms with Gasteiger partial charge in [-0.2, -0.15) is 10.2 Å². The second kappa shape index (κ2) is 7.82. The van der Waals surface area contributed by atoms with Crippen LogP contribution in [0.1, 0.15) is 25.5 Å². The summed E-state index contributed by atoms with van der Waals surface area (Å²) in [5, 5.41) is 10.1. The molecule has 0 atom stereocenters. The van der Waals surface area contributed by atoms with Crippen molar-refractivity contribution in [2.75, 3.05) is 12.4 Å². The molecule has 0 aliphatic rings. The van der Waals surface area contributed by atoms with Gasteiger partial charge in [0, 0.05) is 29.6 Å². The number of halogens is 1. The number of aromatic nitrogens is 4. The number of pyridine rings is 1. The van der Waals surface area contributed by atoms with Crippen LogP contribution >= 0.6 is 15.9 Å². The van der Waals surface area contributed by atoms with E-state index in [0.29, 0.717) is 12.4 Å². The highest BCUT2D eigenvalue weighted by Gasteiger charge is 2.13. The minimum atomic E-state index is -0.0781. The van der Waals surface area contributed by atoms with Gasteiger partial charge in [-0.3, -0.25) is 4.79 Å². The first-order valence-corrected chi connectivity index (χ1v) is 9.50. The van der Waals surface area contributed by atoms with Gasteiger partial charge in [0.1, 0.15) is 0 Å². The molecule has 0 saturated heterocycles. The van der Waals surface area contributed by atoms with Crippen molar-refractivity contribution in [2.45, 2.75) is 32.7 Å². The molecular weight excluding hydrogens is 384 g/mol. The van der Waals surface area contributed by atoms with Gasteiger partial charge in [-0.15, -0.1) is 0 Å². The number of methoxy groups -OCH3 is 1. The van der Waals surface area contributed by atoms with Crippen molar-refractivity contribution in [3.63, 3.8) is 0 Å². The van der Waals surface area contributed by atoms with Crippen LogP contribution in [0.5, 0.6) is 5.88 Å². The predicted molar refractivity (Wildman–Crippen MR) is 102 cm³/mol. The van der Waals surface area contributed by atoms with Crippen LogP contribution in [-0.4, -0.2) is 31.8 Å². The molecule has 0 bridgehead atoms. The molecule has 3 rings (SSSR count). The molecule has 0 radical (unpaired) electrons. The molecule has 0 aromatic carbocycles. The Labute approximate surface area is 154 Å². The average Bonchev–Trinajstić information content (AvgIpc) is 3.07. The Morgan fingerprint density at radius 3 is 2.72 bits per heavy atom. The second-order valence-electron chi connectivity index (χ2n) is 5.75. The highest BCUT2D eigenvalue weighted by Crippen LogP contribution is 2.27. The topological polar surface area (TPSA) is 61.4 Å². The summed E-state index contributed by atoms with van der Waals surface area (Å²) in [6, 6.07) is 9.22. The minimum absolute atomic E-state index is 0.0781. The zero-order chi connectivity index (χ0) is 17.8. The summed E-state index contributed by atoms with van der Waals surface area (Å²) in [6.07, 6.45) is 2.75. The fourth-order valence-electron chi connectivity index (χ4n) is 2.75. The number of hydrogen-bond acceptors (Lipinski definition) is 4. The summed E-state index contributed by atoms with van der Waals surface area (Å²) in [5.74, 6) is 0.670. The lowest BCUT2D eigenvalue weighted by Crippen LogP contribution is -2.22. The Morgan fingerprint density at radius 2 is 2.00 bits per heavy atom. The van der Waals surface area contributed by atoms with Gasteiger partial charge in [0.25, 0.3) is 5.56 Å². The van der Waals surface area contributed by atoms with Crippen LogP contribution in [0.15, 0.2) is 35.1 Å². The first kappa shape index (κ1) is 17.7. The zero-order valence-corrected chi connectivity index (χ0v) is 16.0. The number of ether oxygens (including phenoxy) is 1. The molecule has 3 aromatic heterocycles. The van der Waals surface area contributed by atoms with E-state index in [1.165, 1.54) is 4.68 Å². The highest BCUT2D eigenvalue weighted by molar-refractivity contribution is 9.09. The van der Waals surface area contributed by atoms with Gasteiger partial charge in [0.15, 0.2) is 0 Å². The number of fused-ring (bicyclic) bond motifs is 1. The lowest BCUT2D eigenvalue weighted by Gasteiger charge is -2.09.